The second kappa shape index (κ2) is 7.24. The van der Waals surface area contributed by atoms with Crippen LogP contribution in [0.15, 0.2) is 18.2 Å². The van der Waals surface area contributed by atoms with Crippen LogP contribution in [0.25, 0.3) is 0 Å². The smallest absolute Gasteiger partial charge is 0.131 e. The number of carbonyl (C=O) groups is 1. The van der Waals surface area contributed by atoms with Crippen molar-refractivity contribution >= 4 is 5.78 Å². The van der Waals surface area contributed by atoms with E-state index in [0.29, 0.717) is 18.0 Å². The van der Waals surface area contributed by atoms with Gasteiger partial charge in [-0.2, -0.15) is 5.26 Å². The number of benzene rings is 1. The number of hydrogen-bond acceptors (Lipinski definition) is 4. The molecule has 21 heavy (non-hydrogen) atoms. The maximum Gasteiger partial charge on any atom is 0.131 e. The molecule has 2 rings (SSSR count). The maximum absolute atomic E-state index is 11.4. The van der Waals surface area contributed by atoms with E-state index in [0.717, 1.165) is 37.2 Å². The van der Waals surface area contributed by atoms with Crippen LogP contribution in [0.1, 0.15) is 43.7 Å². The fourth-order valence-corrected chi connectivity index (χ4v) is 3.02. The molecule has 1 heterocycles. The van der Waals surface area contributed by atoms with Crippen LogP contribution in [0.3, 0.4) is 0 Å². The van der Waals surface area contributed by atoms with Gasteiger partial charge in [-0.15, -0.1) is 0 Å². The van der Waals surface area contributed by atoms with Crippen LogP contribution in [-0.4, -0.2) is 30.4 Å². The third-order valence-corrected chi connectivity index (χ3v) is 4.06. The molecule has 0 aromatic heterocycles. The van der Waals surface area contributed by atoms with Crippen molar-refractivity contribution in [1.82, 2.24) is 4.90 Å². The summed E-state index contributed by atoms with van der Waals surface area (Å²) in [5.74, 6) is 1.05. The Balaban J connectivity index is 2.18. The summed E-state index contributed by atoms with van der Waals surface area (Å²) in [5.41, 5.74) is 1.66. The number of rotatable bonds is 5. The quantitative estimate of drug-likeness (QED) is 0.835. The first-order chi connectivity index (χ1) is 10.1. The molecular weight excluding hydrogens is 264 g/mol. The summed E-state index contributed by atoms with van der Waals surface area (Å²) in [4.78, 5) is 13.8. The number of methoxy groups -OCH3 is 1. The molecule has 1 atom stereocenters. The lowest BCUT2D eigenvalue weighted by atomic mass is 9.96. The predicted octanol–water partition coefficient (Wildman–Crippen LogP) is 2.90. The first-order valence-corrected chi connectivity index (χ1v) is 7.44. The zero-order valence-electron chi connectivity index (χ0n) is 12.8. The minimum atomic E-state index is 0.240. The summed E-state index contributed by atoms with van der Waals surface area (Å²) >= 11 is 0. The fourth-order valence-electron chi connectivity index (χ4n) is 3.02. The summed E-state index contributed by atoms with van der Waals surface area (Å²) in [7, 11) is 1.65. The van der Waals surface area contributed by atoms with E-state index < -0.39 is 0 Å². The summed E-state index contributed by atoms with van der Waals surface area (Å²) in [6.45, 7) is 3.39. The van der Waals surface area contributed by atoms with E-state index in [1.165, 1.54) is 6.42 Å². The summed E-state index contributed by atoms with van der Waals surface area (Å²) in [5, 5.41) is 9.05. The van der Waals surface area contributed by atoms with Crippen LogP contribution >= 0.6 is 0 Å². The number of likely N-dealkylation sites (tertiary alicyclic amines) is 1. The minimum absolute atomic E-state index is 0.240. The van der Waals surface area contributed by atoms with Gasteiger partial charge in [0.15, 0.2) is 0 Å². The van der Waals surface area contributed by atoms with Gasteiger partial charge in [0.25, 0.3) is 0 Å². The molecule has 1 aromatic carbocycles. The highest BCUT2D eigenvalue weighted by atomic mass is 16.5. The Kier molecular flexibility index (Phi) is 5.35. The Morgan fingerprint density at radius 2 is 2.29 bits per heavy atom. The van der Waals surface area contributed by atoms with Crippen LogP contribution < -0.4 is 4.74 Å². The second-order valence-corrected chi connectivity index (χ2v) is 5.66. The van der Waals surface area contributed by atoms with Gasteiger partial charge in [0.2, 0.25) is 0 Å². The highest BCUT2D eigenvalue weighted by Crippen LogP contribution is 2.26. The Bertz CT molecular complexity index is 548. The molecule has 0 radical (unpaired) electrons. The third-order valence-electron chi connectivity index (χ3n) is 4.06. The SMILES string of the molecule is COc1ccc(C#N)cc1CN1CCCCC1CC(C)=O. The Morgan fingerprint density at radius 1 is 1.48 bits per heavy atom. The number of piperidine rings is 1. The zero-order valence-corrected chi connectivity index (χ0v) is 12.8. The molecule has 0 bridgehead atoms. The van der Waals surface area contributed by atoms with Crippen molar-refractivity contribution in [2.75, 3.05) is 13.7 Å². The second-order valence-electron chi connectivity index (χ2n) is 5.66. The molecular formula is C17H22N2O2. The van der Waals surface area contributed by atoms with Crippen molar-refractivity contribution < 1.29 is 9.53 Å². The van der Waals surface area contributed by atoms with Gasteiger partial charge < -0.3 is 4.74 Å². The van der Waals surface area contributed by atoms with E-state index in [-0.39, 0.29) is 5.78 Å². The molecule has 0 aliphatic carbocycles. The van der Waals surface area contributed by atoms with Gasteiger partial charge in [0, 0.05) is 24.6 Å². The molecule has 1 aromatic rings. The number of Topliss-reactive ketones (excluding diaryl/α,β-unsaturated/α-hetero) is 1. The average molecular weight is 286 g/mol. The lowest BCUT2D eigenvalue weighted by Gasteiger charge is -2.35. The highest BCUT2D eigenvalue weighted by molar-refractivity contribution is 5.76. The van der Waals surface area contributed by atoms with Crippen molar-refractivity contribution in [3.05, 3.63) is 29.3 Å². The average Bonchev–Trinajstić information content (AvgIpc) is 2.48. The van der Waals surface area contributed by atoms with E-state index in [4.69, 9.17) is 10.00 Å². The van der Waals surface area contributed by atoms with Gasteiger partial charge in [-0.25, -0.2) is 0 Å². The van der Waals surface area contributed by atoms with Gasteiger partial charge in [-0.1, -0.05) is 6.42 Å². The molecule has 0 spiro atoms. The van der Waals surface area contributed by atoms with Crippen molar-refractivity contribution in [3.63, 3.8) is 0 Å². The molecule has 1 unspecified atom stereocenters. The predicted molar refractivity (Wildman–Crippen MR) is 81.1 cm³/mol. The highest BCUT2D eigenvalue weighted by Gasteiger charge is 2.24. The van der Waals surface area contributed by atoms with Crippen LogP contribution in [0.5, 0.6) is 5.75 Å². The van der Waals surface area contributed by atoms with E-state index >= 15 is 0 Å². The number of ether oxygens (including phenoxy) is 1. The molecule has 0 amide bonds. The summed E-state index contributed by atoms with van der Waals surface area (Å²) in [6.07, 6.45) is 4.03. The maximum atomic E-state index is 11.4. The Hall–Kier alpha value is -1.86. The van der Waals surface area contributed by atoms with Crippen molar-refractivity contribution in [2.24, 2.45) is 0 Å². The monoisotopic (exact) mass is 286 g/mol. The van der Waals surface area contributed by atoms with Crippen molar-refractivity contribution in [3.8, 4) is 11.8 Å². The summed E-state index contributed by atoms with van der Waals surface area (Å²) < 4.78 is 5.40. The fraction of sp³-hybridized carbons (Fsp3) is 0.529. The van der Waals surface area contributed by atoms with Gasteiger partial charge in [0.1, 0.15) is 11.5 Å². The molecule has 1 aliphatic heterocycles. The zero-order chi connectivity index (χ0) is 15.2. The Labute approximate surface area is 126 Å². The van der Waals surface area contributed by atoms with Crippen LogP contribution in [0, 0.1) is 11.3 Å². The van der Waals surface area contributed by atoms with Crippen LogP contribution in [-0.2, 0) is 11.3 Å². The number of carbonyl (C=O) groups excluding carboxylic acids is 1. The molecule has 4 nitrogen and oxygen atoms in total. The lowest BCUT2D eigenvalue weighted by Crippen LogP contribution is -2.40. The Morgan fingerprint density at radius 3 is 2.95 bits per heavy atom. The molecule has 4 heteroatoms. The van der Waals surface area contributed by atoms with Gasteiger partial charge in [-0.3, -0.25) is 9.69 Å². The first-order valence-electron chi connectivity index (χ1n) is 7.44. The number of hydrogen-bond donors (Lipinski definition) is 0. The molecule has 0 saturated carbocycles. The van der Waals surface area contributed by atoms with Gasteiger partial charge in [-0.05, 0) is 44.5 Å². The lowest BCUT2D eigenvalue weighted by molar-refractivity contribution is -0.118. The minimum Gasteiger partial charge on any atom is -0.496 e. The van der Waals surface area contributed by atoms with Crippen LogP contribution in [0.2, 0.25) is 0 Å². The number of nitrogens with zero attached hydrogens (tertiary/aromatic N) is 2. The molecule has 1 fully saturated rings. The van der Waals surface area contributed by atoms with Crippen LogP contribution in [0.4, 0.5) is 0 Å². The van der Waals surface area contributed by atoms with E-state index in [1.54, 1.807) is 20.1 Å². The van der Waals surface area contributed by atoms with E-state index in [9.17, 15) is 4.79 Å². The number of nitriles is 1. The van der Waals surface area contributed by atoms with Crippen molar-refractivity contribution in [1.29, 1.82) is 5.26 Å². The molecule has 1 saturated heterocycles. The molecule has 0 N–H and O–H groups in total. The largest absolute Gasteiger partial charge is 0.496 e. The van der Waals surface area contributed by atoms with E-state index in [1.807, 2.05) is 12.1 Å². The molecule has 1 aliphatic rings. The molecule has 112 valence electrons. The topological polar surface area (TPSA) is 53.3 Å². The normalized spacial score (nSPS) is 19.0. The standard InChI is InChI=1S/C17H22N2O2/c1-13(20)9-16-5-3-4-8-19(16)12-15-10-14(11-18)6-7-17(15)21-2/h6-7,10,16H,3-5,8-9,12H2,1-2H3. The van der Waals surface area contributed by atoms with E-state index in [2.05, 4.69) is 11.0 Å². The number of ketones is 1. The first kappa shape index (κ1) is 15.5. The summed E-state index contributed by atoms with van der Waals surface area (Å²) in [6, 6.07) is 7.98. The van der Waals surface area contributed by atoms with Gasteiger partial charge in [0.05, 0.1) is 18.7 Å². The third kappa shape index (κ3) is 4.05. The van der Waals surface area contributed by atoms with Gasteiger partial charge >= 0.3 is 0 Å². The van der Waals surface area contributed by atoms with Crippen molar-refractivity contribution in [2.45, 2.75) is 45.2 Å².